The number of hydrogen-bond donors (Lipinski definition) is 1. The van der Waals surface area contributed by atoms with Gasteiger partial charge in [0.25, 0.3) is 12.4 Å². The second kappa shape index (κ2) is 9.86. The van der Waals surface area contributed by atoms with Gasteiger partial charge in [0, 0.05) is 33.0 Å². The Morgan fingerprint density at radius 2 is 2.00 bits per heavy atom. The fourth-order valence-corrected chi connectivity index (χ4v) is 2.51. The van der Waals surface area contributed by atoms with Crippen molar-refractivity contribution in [3.63, 3.8) is 0 Å². The molecule has 1 aromatic carbocycles. The first kappa shape index (κ1) is 20.6. The number of carbonyl (C=O) groups is 2. The van der Waals surface area contributed by atoms with Gasteiger partial charge in [-0.25, -0.2) is 9.67 Å². The standard InChI is InChI=1S/C17H20N6O2.CH2O2/c1-21(16(24)15-19-17(25-3)22(2)20-15)12-14-18-9-10-23(14)11-13-7-5-4-6-8-13;2-1-3/h4-10H,11-12H2,1-3H3;1H,(H,2,3). The van der Waals surface area contributed by atoms with Crippen molar-refractivity contribution in [2.24, 2.45) is 7.05 Å². The second-order valence-electron chi connectivity index (χ2n) is 5.77. The molecule has 3 aromatic rings. The van der Waals surface area contributed by atoms with E-state index < -0.39 is 0 Å². The third-order valence-electron chi connectivity index (χ3n) is 3.82. The highest BCUT2D eigenvalue weighted by Gasteiger charge is 2.20. The second-order valence-corrected chi connectivity index (χ2v) is 5.77. The van der Waals surface area contributed by atoms with E-state index in [2.05, 4.69) is 27.2 Å². The largest absolute Gasteiger partial charge is 0.483 e. The van der Waals surface area contributed by atoms with E-state index in [0.717, 1.165) is 5.82 Å². The third kappa shape index (κ3) is 5.16. The maximum Gasteiger partial charge on any atom is 0.314 e. The SMILES string of the molecule is COc1nc(C(=O)N(C)Cc2nccn2Cc2ccccc2)nn1C.O=CO. The van der Waals surface area contributed by atoms with Crippen molar-refractivity contribution in [3.05, 3.63) is 59.9 Å². The van der Waals surface area contributed by atoms with Crippen molar-refractivity contribution in [2.45, 2.75) is 13.1 Å². The molecule has 0 fully saturated rings. The Labute approximate surface area is 162 Å². The van der Waals surface area contributed by atoms with E-state index in [1.54, 1.807) is 25.2 Å². The van der Waals surface area contributed by atoms with E-state index in [1.807, 2.05) is 29.0 Å². The molecule has 0 radical (unpaired) electrons. The molecule has 1 amide bonds. The van der Waals surface area contributed by atoms with E-state index >= 15 is 0 Å². The Morgan fingerprint density at radius 1 is 1.32 bits per heavy atom. The molecule has 0 aliphatic rings. The molecule has 148 valence electrons. The first-order valence-electron chi connectivity index (χ1n) is 8.32. The number of aromatic nitrogens is 5. The summed E-state index contributed by atoms with van der Waals surface area (Å²) in [6.45, 7) is 0.813. The number of ether oxygens (including phenoxy) is 1. The first-order valence-corrected chi connectivity index (χ1v) is 8.32. The van der Waals surface area contributed by atoms with E-state index in [1.165, 1.54) is 17.4 Å². The maximum absolute atomic E-state index is 12.5. The van der Waals surface area contributed by atoms with Crippen molar-refractivity contribution in [1.82, 2.24) is 29.2 Å². The smallest absolute Gasteiger partial charge is 0.314 e. The quantitative estimate of drug-likeness (QED) is 0.629. The topological polar surface area (TPSA) is 115 Å². The number of nitrogens with zero attached hydrogens (tertiary/aromatic N) is 6. The van der Waals surface area contributed by atoms with Crippen LogP contribution in [-0.2, 0) is 24.9 Å². The average molecular weight is 386 g/mol. The van der Waals surface area contributed by atoms with E-state index in [9.17, 15) is 4.79 Å². The van der Waals surface area contributed by atoms with Crippen LogP contribution in [0.3, 0.4) is 0 Å². The van der Waals surface area contributed by atoms with Crippen molar-refractivity contribution in [3.8, 4) is 6.01 Å². The van der Waals surface area contributed by atoms with Crippen LogP contribution in [0, 0.1) is 0 Å². The van der Waals surface area contributed by atoms with Crippen molar-refractivity contribution < 1.29 is 19.4 Å². The number of amides is 1. The molecular weight excluding hydrogens is 364 g/mol. The highest BCUT2D eigenvalue weighted by atomic mass is 16.5. The van der Waals surface area contributed by atoms with Crippen molar-refractivity contribution in [1.29, 1.82) is 0 Å². The first-order chi connectivity index (χ1) is 13.5. The van der Waals surface area contributed by atoms with Gasteiger partial charge < -0.3 is 19.3 Å². The number of imidazole rings is 1. The van der Waals surface area contributed by atoms with Gasteiger partial charge in [-0.3, -0.25) is 9.59 Å². The average Bonchev–Trinajstić information content (AvgIpc) is 3.28. The molecule has 10 nitrogen and oxygen atoms in total. The van der Waals surface area contributed by atoms with Gasteiger partial charge >= 0.3 is 6.01 Å². The van der Waals surface area contributed by atoms with Crippen LogP contribution in [-0.4, -0.2) is 60.9 Å². The number of rotatable bonds is 6. The minimum absolute atomic E-state index is 0.100. The summed E-state index contributed by atoms with van der Waals surface area (Å²) in [6, 6.07) is 10.4. The summed E-state index contributed by atoms with van der Waals surface area (Å²) in [4.78, 5) is 30.9. The molecule has 3 rings (SSSR count). The number of carbonyl (C=O) groups excluding carboxylic acids is 1. The fraction of sp³-hybridized carbons (Fsp3) is 0.278. The summed E-state index contributed by atoms with van der Waals surface area (Å²) in [6.07, 6.45) is 3.64. The molecule has 0 unspecified atom stereocenters. The molecule has 28 heavy (non-hydrogen) atoms. The minimum atomic E-state index is -0.284. The molecule has 0 atom stereocenters. The van der Waals surface area contributed by atoms with Crippen molar-refractivity contribution >= 4 is 12.4 Å². The molecule has 0 saturated carbocycles. The lowest BCUT2D eigenvalue weighted by atomic mass is 10.2. The van der Waals surface area contributed by atoms with Gasteiger partial charge in [0.15, 0.2) is 0 Å². The van der Waals surface area contributed by atoms with Gasteiger partial charge in [0.05, 0.1) is 13.7 Å². The predicted molar refractivity (Wildman–Crippen MR) is 99.8 cm³/mol. The van der Waals surface area contributed by atoms with Gasteiger partial charge in [-0.05, 0) is 5.56 Å². The lowest BCUT2D eigenvalue weighted by Gasteiger charge is -2.16. The Hall–Kier alpha value is -3.69. The van der Waals surface area contributed by atoms with Gasteiger partial charge in [-0.2, -0.15) is 4.98 Å². The highest BCUT2D eigenvalue weighted by Crippen LogP contribution is 2.10. The highest BCUT2D eigenvalue weighted by molar-refractivity contribution is 5.90. The van der Waals surface area contributed by atoms with Crippen LogP contribution in [0.2, 0.25) is 0 Å². The molecule has 10 heteroatoms. The van der Waals surface area contributed by atoms with Crippen LogP contribution in [0.4, 0.5) is 0 Å². The summed E-state index contributed by atoms with van der Waals surface area (Å²) >= 11 is 0. The molecular formula is C18H22N6O4. The van der Waals surface area contributed by atoms with E-state index in [4.69, 9.17) is 14.6 Å². The summed E-state index contributed by atoms with van der Waals surface area (Å²) in [5, 5.41) is 11.0. The summed E-state index contributed by atoms with van der Waals surface area (Å²) in [5.74, 6) is 0.610. The molecule has 0 saturated heterocycles. The summed E-state index contributed by atoms with van der Waals surface area (Å²) in [5.41, 5.74) is 1.17. The Morgan fingerprint density at radius 3 is 2.61 bits per heavy atom. The Kier molecular flexibility index (Phi) is 7.26. The van der Waals surface area contributed by atoms with Crippen LogP contribution < -0.4 is 4.74 Å². The van der Waals surface area contributed by atoms with Crippen LogP contribution in [0.15, 0.2) is 42.7 Å². The molecule has 0 spiro atoms. The molecule has 2 heterocycles. The lowest BCUT2D eigenvalue weighted by Crippen LogP contribution is -2.28. The minimum Gasteiger partial charge on any atom is -0.483 e. The Balaban J connectivity index is 0.000000878. The zero-order chi connectivity index (χ0) is 20.5. The predicted octanol–water partition coefficient (Wildman–Crippen LogP) is 1.04. The van der Waals surface area contributed by atoms with Crippen LogP contribution in [0.5, 0.6) is 6.01 Å². The zero-order valence-corrected chi connectivity index (χ0v) is 15.9. The lowest BCUT2D eigenvalue weighted by molar-refractivity contribution is -0.122. The number of benzene rings is 1. The third-order valence-corrected chi connectivity index (χ3v) is 3.82. The van der Waals surface area contributed by atoms with Crippen LogP contribution >= 0.6 is 0 Å². The van der Waals surface area contributed by atoms with E-state index in [0.29, 0.717) is 19.1 Å². The van der Waals surface area contributed by atoms with Gasteiger partial charge in [-0.1, -0.05) is 30.3 Å². The number of aryl methyl sites for hydroxylation is 1. The summed E-state index contributed by atoms with van der Waals surface area (Å²) in [7, 11) is 4.87. The van der Waals surface area contributed by atoms with Crippen LogP contribution in [0.1, 0.15) is 22.0 Å². The Bertz CT molecular complexity index is 906. The molecule has 0 bridgehead atoms. The molecule has 2 aromatic heterocycles. The zero-order valence-electron chi connectivity index (χ0n) is 15.9. The van der Waals surface area contributed by atoms with Gasteiger partial charge in [-0.15, -0.1) is 5.10 Å². The molecule has 0 aliphatic heterocycles. The number of carboxylic acid groups (broad SMARTS) is 1. The molecule has 0 aliphatic carbocycles. The summed E-state index contributed by atoms with van der Waals surface area (Å²) < 4.78 is 8.50. The normalized spacial score (nSPS) is 9.96. The van der Waals surface area contributed by atoms with Crippen LogP contribution in [0.25, 0.3) is 0 Å². The van der Waals surface area contributed by atoms with Gasteiger partial charge in [0.1, 0.15) is 5.82 Å². The number of methoxy groups -OCH3 is 1. The van der Waals surface area contributed by atoms with E-state index in [-0.39, 0.29) is 18.2 Å². The molecule has 1 N–H and O–H groups in total. The number of hydrogen-bond acceptors (Lipinski definition) is 6. The van der Waals surface area contributed by atoms with Gasteiger partial charge in [0.2, 0.25) is 5.82 Å². The fourth-order valence-electron chi connectivity index (χ4n) is 2.51. The van der Waals surface area contributed by atoms with Crippen molar-refractivity contribution in [2.75, 3.05) is 14.2 Å². The maximum atomic E-state index is 12.5. The monoisotopic (exact) mass is 386 g/mol.